The first-order valence-electron chi connectivity index (χ1n) is 8.68. The summed E-state index contributed by atoms with van der Waals surface area (Å²) in [5.41, 5.74) is 0. The Kier molecular flexibility index (Phi) is 6.15. The number of likely N-dealkylation sites (tertiary alicyclic amines) is 1. The summed E-state index contributed by atoms with van der Waals surface area (Å²) in [4.78, 5) is 2.76. The third-order valence-corrected chi connectivity index (χ3v) is 5.33. The van der Waals surface area contributed by atoms with Crippen molar-refractivity contribution < 1.29 is 0 Å². The SMILES string of the molecule is CCCNC(CN1CCC(C)CC1C)C1CCCC1. The van der Waals surface area contributed by atoms with Gasteiger partial charge in [0.15, 0.2) is 0 Å². The van der Waals surface area contributed by atoms with E-state index in [4.69, 9.17) is 0 Å². The van der Waals surface area contributed by atoms with Crippen molar-refractivity contribution in [3.05, 3.63) is 0 Å². The van der Waals surface area contributed by atoms with Gasteiger partial charge in [-0.1, -0.05) is 26.7 Å². The molecule has 2 rings (SSSR count). The fourth-order valence-corrected chi connectivity index (χ4v) is 4.05. The standard InChI is InChI=1S/C17H34N2/c1-4-10-18-17(16-7-5-6-8-16)13-19-11-9-14(2)12-15(19)3/h14-18H,4-13H2,1-3H3. The monoisotopic (exact) mass is 266 g/mol. The molecule has 2 nitrogen and oxygen atoms in total. The van der Waals surface area contributed by atoms with E-state index in [1.54, 1.807) is 0 Å². The molecule has 3 atom stereocenters. The molecule has 0 aromatic rings. The lowest BCUT2D eigenvalue weighted by atomic mass is 9.91. The molecule has 1 saturated carbocycles. The maximum Gasteiger partial charge on any atom is 0.0223 e. The lowest BCUT2D eigenvalue weighted by Crippen LogP contribution is -2.50. The molecule has 1 heterocycles. The molecule has 2 aliphatic rings. The number of hydrogen-bond donors (Lipinski definition) is 1. The average Bonchev–Trinajstić information content (AvgIpc) is 2.90. The van der Waals surface area contributed by atoms with Gasteiger partial charge in [-0.2, -0.15) is 0 Å². The van der Waals surface area contributed by atoms with Crippen LogP contribution in [0.25, 0.3) is 0 Å². The van der Waals surface area contributed by atoms with Gasteiger partial charge in [-0.05, 0) is 64.0 Å². The smallest absolute Gasteiger partial charge is 0.0223 e. The lowest BCUT2D eigenvalue weighted by molar-refractivity contribution is 0.105. The van der Waals surface area contributed by atoms with Crippen molar-refractivity contribution in [1.82, 2.24) is 10.2 Å². The summed E-state index contributed by atoms with van der Waals surface area (Å²) >= 11 is 0. The molecule has 19 heavy (non-hydrogen) atoms. The number of nitrogens with zero attached hydrogens (tertiary/aromatic N) is 1. The molecule has 0 amide bonds. The fourth-order valence-electron chi connectivity index (χ4n) is 4.05. The Balaban J connectivity index is 1.87. The maximum absolute atomic E-state index is 3.85. The highest BCUT2D eigenvalue weighted by Gasteiger charge is 2.29. The van der Waals surface area contributed by atoms with E-state index in [1.807, 2.05) is 0 Å². The third kappa shape index (κ3) is 4.46. The van der Waals surface area contributed by atoms with E-state index in [9.17, 15) is 0 Å². The summed E-state index contributed by atoms with van der Waals surface area (Å²) in [7, 11) is 0. The highest BCUT2D eigenvalue weighted by molar-refractivity contribution is 4.86. The highest BCUT2D eigenvalue weighted by atomic mass is 15.2. The summed E-state index contributed by atoms with van der Waals surface area (Å²) in [5, 5.41) is 3.85. The van der Waals surface area contributed by atoms with Crippen LogP contribution in [0.5, 0.6) is 0 Å². The quantitative estimate of drug-likeness (QED) is 0.789. The van der Waals surface area contributed by atoms with Gasteiger partial charge in [0.05, 0.1) is 0 Å². The van der Waals surface area contributed by atoms with Gasteiger partial charge < -0.3 is 5.32 Å². The Morgan fingerprint density at radius 3 is 2.53 bits per heavy atom. The molecule has 0 radical (unpaired) electrons. The van der Waals surface area contributed by atoms with Gasteiger partial charge in [0.1, 0.15) is 0 Å². The maximum atomic E-state index is 3.85. The summed E-state index contributed by atoms with van der Waals surface area (Å²) in [6.45, 7) is 10.9. The molecule has 0 aromatic carbocycles. The van der Waals surface area contributed by atoms with E-state index in [2.05, 4.69) is 31.0 Å². The first kappa shape index (κ1) is 15.3. The minimum absolute atomic E-state index is 0.748. The Morgan fingerprint density at radius 2 is 1.89 bits per heavy atom. The first-order chi connectivity index (χ1) is 9.20. The molecule has 3 unspecified atom stereocenters. The van der Waals surface area contributed by atoms with Gasteiger partial charge in [0.2, 0.25) is 0 Å². The van der Waals surface area contributed by atoms with Crippen LogP contribution < -0.4 is 5.32 Å². The second-order valence-corrected chi connectivity index (χ2v) is 7.08. The Labute approximate surface area is 120 Å². The van der Waals surface area contributed by atoms with Crippen LogP contribution in [-0.2, 0) is 0 Å². The number of rotatable bonds is 6. The average molecular weight is 266 g/mol. The molecular weight excluding hydrogens is 232 g/mol. The van der Waals surface area contributed by atoms with Crippen molar-refractivity contribution in [1.29, 1.82) is 0 Å². The first-order valence-corrected chi connectivity index (χ1v) is 8.68. The number of piperidine rings is 1. The zero-order valence-corrected chi connectivity index (χ0v) is 13.3. The molecule has 1 saturated heterocycles. The predicted octanol–water partition coefficient (Wildman–Crippen LogP) is 3.67. The Morgan fingerprint density at radius 1 is 1.16 bits per heavy atom. The van der Waals surface area contributed by atoms with Crippen LogP contribution in [-0.4, -0.2) is 36.6 Å². The van der Waals surface area contributed by atoms with Gasteiger partial charge >= 0.3 is 0 Å². The van der Waals surface area contributed by atoms with Crippen LogP contribution in [0.4, 0.5) is 0 Å². The zero-order valence-electron chi connectivity index (χ0n) is 13.3. The van der Waals surface area contributed by atoms with E-state index < -0.39 is 0 Å². The van der Waals surface area contributed by atoms with Crippen LogP contribution in [0.1, 0.15) is 65.7 Å². The molecule has 1 aliphatic carbocycles. The van der Waals surface area contributed by atoms with E-state index in [1.165, 1.54) is 64.6 Å². The second kappa shape index (κ2) is 7.64. The predicted molar refractivity (Wildman–Crippen MR) is 83.5 cm³/mol. The van der Waals surface area contributed by atoms with Crippen molar-refractivity contribution in [2.45, 2.75) is 77.8 Å². The molecule has 2 heteroatoms. The van der Waals surface area contributed by atoms with Crippen LogP contribution >= 0.6 is 0 Å². The van der Waals surface area contributed by atoms with Gasteiger partial charge in [-0.3, -0.25) is 4.90 Å². The van der Waals surface area contributed by atoms with E-state index in [0.29, 0.717) is 0 Å². The second-order valence-electron chi connectivity index (χ2n) is 7.08. The molecule has 0 aromatic heterocycles. The molecule has 1 aliphatic heterocycles. The summed E-state index contributed by atoms with van der Waals surface area (Å²) < 4.78 is 0. The van der Waals surface area contributed by atoms with E-state index >= 15 is 0 Å². The Bertz CT molecular complexity index is 248. The lowest BCUT2D eigenvalue weighted by Gasteiger charge is -2.40. The van der Waals surface area contributed by atoms with Crippen molar-refractivity contribution >= 4 is 0 Å². The van der Waals surface area contributed by atoms with Crippen LogP contribution in [0.2, 0.25) is 0 Å². The summed E-state index contributed by atoms with van der Waals surface area (Å²) in [6, 6.07) is 1.54. The number of nitrogens with one attached hydrogen (secondary N) is 1. The normalized spacial score (nSPS) is 31.7. The molecule has 112 valence electrons. The van der Waals surface area contributed by atoms with Gasteiger partial charge in [0, 0.05) is 18.6 Å². The molecule has 0 bridgehead atoms. The van der Waals surface area contributed by atoms with Crippen LogP contribution in [0, 0.1) is 11.8 Å². The van der Waals surface area contributed by atoms with E-state index in [-0.39, 0.29) is 0 Å². The topological polar surface area (TPSA) is 15.3 Å². The molecule has 2 fully saturated rings. The Hall–Kier alpha value is -0.0800. The van der Waals surface area contributed by atoms with Crippen molar-refractivity contribution in [2.75, 3.05) is 19.6 Å². The van der Waals surface area contributed by atoms with Crippen LogP contribution in [0.15, 0.2) is 0 Å². The minimum atomic E-state index is 0.748. The molecule has 0 spiro atoms. The molecule has 1 N–H and O–H groups in total. The summed E-state index contributed by atoms with van der Waals surface area (Å²) in [6.07, 6.45) is 9.89. The van der Waals surface area contributed by atoms with Crippen LogP contribution in [0.3, 0.4) is 0 Å². The van der Waals surface area contributed by atoms with Gasteiger partial charge in [-0.15, -0.1) is 0 Å². The third-order valence-electron chi connectivity index (χ3n) is 5.33. The minimum Gasteiger partial charge on any atom is -0.312 e. The van der Waals surface area contributed by atoms with E-state index in [0.717, 1.165) is 23.9 Å². The molecular formula is C17H34N2. The largest absolute Gasteiger partial charge is 0.312 e. The van der Waals surface area contributed by atoms with Gasteiger partial charge in [-0.25, -0.2) is 0 Å². The zero-order chi connectivity index (χ0) is 13.7. The van der Waals surface area contributed by atoms with Gasteiger partial charge in [0.25, 0.3) is 0 Å². The fraction of sp³-hybridized carbons (Fsp3) is 1.00. The van der Waals surface area contributed by atoms with Crippen molar-refractivity contribution in [3.63, 3.8) is 0 Å². The van der Waals surface area contributed by atoms with Crippen molar-refractivity contribution in [2.24, 2.45) is 11.8 Å². The van der Waals surface area contributed by atoms with Crippen molar-refractivity contribution in [3.8, 4) is 0 Å². The highest BCUT2D eigenvalue weighted by Crippen LogP contribution is 2.30. The number of hydrogen-bond acceptors (Lipinski definition) is 2. The summed E-state index contributed by atoms with van der Waals surface area (Å²) in [5.74, 6) is 1.87.